The molecule has 11 heavy (non-hydrogen) atoms. The first kappa shape index (κ1) is 11.1. The summed E-state index contributed by atoms with van der Waals surface area (Å²) in [7, 11) is 0. The molecule has 0 bridgehead atoms. The molecule has 3 heteroatoms. The Morgan fingerprint density at radius 3 is 2.64 bits per heavy atom. The molecule has 2 nitrogen and oxygen atoms in total. The molecule has 0 aromatic rings. The standard InChI is InChI=1S/C8H13IO2/c1-6(5-7(2)9)8(11)3-4-10/h4-6,8,11H,3H2,1-2H3/b7-5+/t6-,8-/m0/s1. The number of aliphatic hydroxyl groups is 1. The average molecular weight is 268 g/mol. The SMILES string of the molecule is C/C(I)=C\[C@H](C)[C@@H](O)CC=O. The van der Waals surface area contributed by atoms with Crippen LogP contribution in [0.25, 0.3) is 0 Å². The number of hydrogen-bond donors (Lipinski definition) is 1. The minimum Gasteiger partial charge on any atom is -0.392 e. The molecular weight excluding hydrogens is 255 g/mol. The van der Waals surface area contributed by atoms with E-state index >= 15 is 0 Å². The molecule has 0 radical (unpaired) electrons. The molecule has 0 aliphatic heterocycles. The Morgan fingerprint density at radius 1 is 1.73 bits per heavy atom. The van der Waals surface area contributed by atoms with Gasteiger partial charge in [0.1, 0.15) is 6.29 Å². The van der Waals surface area contributed by atoms with E-state index in [1.807, 2.05) is 19.9 Å². The Morgan fingerprint density at radius 2 is 2.27 bits per heavy atom. The highest BCUT2D eigenvalue weighted by atomic mass is 127. The quantitative estimate of drug-likeness (QED) is 0.624. The van der Waals surface area contributed by atoms with Gasteiger partial charge in [-0.2, -0.15) is 0 Å². The van der Waals surface area contributed by atoms with Crippen molar-refractivity contribution >= 4 is 28.9 Å². The van der Waals surface area contributed by atoms with Crippen LogP contribution in [-0.4, -0.2) is 17.5 Å². The van der Waals surface area contributed by atoms with E-state index in [1.54, 1.807) is 0 Å². The summed E-state index contributed by atoms with van der Waals surface area (Å²) in [6, 6.07) is 0. The van der Waals surface area contributed by atoms with Crippen molar-refractivity contribution in [3.05, 3.63) is 9.66 Å². The third-order valence-electron chi connectivity index (χ3n) is 1.44. The summed E-state index contributed by atoms with van der Waals surface area (Å²) in [5.74, 6) is 0.0668. The minimum atomic E-state index is -0.530. The Bertz CT molecular complexity index is 150. The van der Waals surface area contributed by atoms with Gasteiger partial charge in [0.05, 0.1) is 6.10 Å². The van der Waals surface area contributed by atoms with Crippen LogP contribution < -0.4 is 0 Å². The van der Waals surface area contributed by atoms with Crippen molar-refractivity contribution in [3.8, 4) is 0 Å². The molecule has 0 aromatic carbocycles. The summed E-state index contributed by atoms with van der Waals surface area (Å²) >= 11 is 2.18. The lowest BCUT2D eigenvalue weighted by Gasteiger charge is -2.11. The van der Waals surface area contributed by atoms with E-state index < -0.39 is 6.10 Å². The minimum absolute atomic E-state index is 0.0668. The van der Waals surface area contributed by atoms with Crippen LogP contribution in [0.2, 0.25) is 0 Å². The lowest BCUT2D eigenvalue weighted by atomic mass is 10.0. The summed E-state index contributed by atoms with van der Waals surface area (Å²) < 4.78 is 1.14. The second kappa shape index (κ2) is 5.71. The van der Waals surface area contributed by atoms with E-state index in [0.29, 0.717) is 0 Å². The van der Waals surface area contributed by atoms with Crippen molar-refractivity contribution in [1.82, 2.24) is 0 Å². The highest BCUT2D eigenvalue weighted by molar-refractivity contribution is 14.1. The number of allylic oxidation sites excluding steroid dienone is 1. The van der Waals surface area contributed by atoms with Crippen LogP contribution in [0.5, 0.6) is 0 Å². The first-order valence-electron chi connectivity index (χ1n) is 3.53. The van der Waals surface area contributed by atoms with Crippen molar-refractivity contribution < 1.29 is 9.90 Å². The molecule has 0 saturated heterocycles. The van der Waals surface area contributed by atoms with Crippen LogP contribution in [0.15, 0.2) is 9.66 Å². The van der Waals surface area contributed by atoms with Crippen molar-refractivity contribution in [3.63, 3.8) is 0 Å². The van der Waals surface area contributed by atoms with Gasteiger partial charge in [-0.25, -0.2) is 0 Å². The summed E-state index contributed by atoms with van der Waals surface area (Å²) in [5.41, 5.74) is 0. The van der Waals surface area contributed by atoms with E-state index in [2.05, 4.69) is 22.6 Å². The lowest BCUT2D eigenvalue weighted by Crippen LogP contribution is -2.15. The molecule has 2 atom stereocenters. The zero-order chi connectivity index (χ0) is 8.85. The Kier molecular flexibility index (Phi) is 5.76. The van der Waals surface area contributed by atoms with E-state index in [1.165, 1.54) is 0 Å². The van der Waals surface area contributed by atoms with Crippen LogP contribution >= 0.6 is 22.6 Å². The summed E-state index contributed by atoms with van der Waals surface area (Å²) in [6.07, 6.45) is 2.39. The molecule has 64 valence electrons. The second-order valence-electron chi connectivity index (χ2n) is 2.58. The number of carbonyl (C=O) groups is 1. The first-order chi connectivity index (χ1) is 5.07. The molecule has 0 heterocycles. The van der Waals surface area contributed by atoms with E-state index in [9.17, 15) is 9.90 Å². The molecular formula is C8H13IO2. The third-order valence-corrected chi connectivity index (χ3v) is 1.80. The normalized spacial score (nSPS) is 17.6. The van der Waals surface area contributed by atoms with E-state index in [0.717, 1.165) is 9.87 Å². The number of carbonyl (C=O) groups excluding carboxylic acids is 1. The zero-order valence-electron chi connectivity index (χ0n) is 6.75. The number of aliphatic hydroxyl groups excluding tert-OH is 1. The highest BCUT2D eigenvalue weighted by Crippen LogP contribution is 2.13. The summed E-state index contributed by atoms with van der Waals surface area (Å²) in [5, 5.41) is 9.29. The smallest absolute Gasteiger partial charge is 0.122 e. The molecule has 0 aliphatic carbocycles. The van der Waals surface area contributed by atoms with Gasteiger partial charge >= 0.3 is 0 Å². The number of rotatable bonds is 4. The van der Waals surface area contributed by atoms with Crippen LogP contribution in [-0.2, 0) is 4.79 Å². The maximum atomic E-state index is 10.0. The largest absolute Gasteiger partial charge is 0.392 e. The third kappa shape index (κ3) is 5.38. The van der Waals surface area contributed by atoms with Gasteiger partial charge in [-0.1, -0.05) is 13.0 Å². The topological polar surface area (TPSA) is 37.3 Å². The Hall–Kier alpha value is 0.100. The fourth-order valence-corrected chi connectivity index (χ4v) is 1.35. The summed E-state index contributed by atoms with van der Waals surface area (Å²) in [6.45, 7) is 3.86. The highest BCUT2D eigenvalue weighted by Gasteiger charge is 2.10. The molecule has 0 aromatic heterocycles. The van der Waals surface area contributed by atoms with Crippen molar-refractivity contribution in [1.29, 1.82) is 0 Å². The molecule has 0 saturated carbocycles. The fraction of sp³-hybridized carbons (Fsp3) is 0.625. The molecule has 0 aliphatic rings. The average Bonchev–Trinajstić information content (AvgIpc) is 1.86. The molecule has 0 rings (SSSR count). The van der Waals surface area contributed by atoms with Gasteiger partial charge in [0.15, 0.2) is 0 Å². The summed E-state index contributed by atoms with van der Waals surface area (Å²) in [4.78, 5) is 10.0. The van der Waals surface area contributed by atoms with Gasteiger partial charge in [-0.05, 0) is 33.1 Å². The number of hydrogen-bond acceptors (Lipinski definition) is 2. The van der Waals surface area contributed by atoms with Gasteiger partial charge in [0.25, 0.3) is 0 Å². The predicted molar refractivity (Wildman–Crippen MR) is 53.6 cm³/mol. The molecule has 1 N–H and O–H groups in total. The van der Waals surface area contributed by atoms with Gasteiger partial charge in [-0.15, -0.1) is 0 Å². The van der Waals surface area contributed by atoms with Crippen molar-refractivity contribution in [2.75, 3.05) is 0 Å². The Balaban J connectivity index is 3.91. The van der Waals surface area contributed by atoms with E-state index in [-0.39, 0.29) is 12.3 Å². The molecule has 0 spiro atoms. The second-order valence-corrected chi connectivity index (χ2v) is 4.28. The van der Waals surface area contributed by atoms with Crippen LogP contribution in [0.1, 0.15) is 20.3 Å². The zero-order valence-corrected chi connectivity index (χ0v) is 8.91. The molecule has 0 fully saturated rings. The van der Waals surface area contributed by atoms with E-state index in [4.69, 9.17) is 0 Å². The molecule has 0 amide bonds. The number of halogens is 1. The maximum absolute atomic E-state index is 10.0. The van der Waals surface area contributed by atoms with Gasteiger partial charge in [-0.3, -0.25) is 0 Å². The van der Waals surface area contributed by atoms with Crippen molar-refractivity contribution in [2.45, 2.75) is 26.4 Å². The van der Waals surface area contributed by atoms with Crippen LogP contribution in [0, 0.1) is 5.92 Å². The van der Waals surface area contributed by atoms with Crippen LogP contribution in [0.3, 0.4) is 0 Å². The number of aldehydes is 1. The fourth-order valence-electron chi connectivity index (χ4n) is 0.787. The predicted octanol–water partition coefficient (Wildman–Crippen LogP) is 1.91. The maximum Gasteiger partial charge on any atom is 0.122 e. The van der Waals surface area contributed by atoms with Gasteiger partial charge in [0.2, 0.25) is 0 Å². The van der Waals surface area contributed by atoms with Gasteiger partial charge < -0.3 is 9.90 Å². The first-order valence-corrected chi connectivity index (χ1v) is 4.61. The van der Waals surface area contributed by atoms with Gasteiger partial charge in [0, 0.05) is 12.3 Å². The lowest BCUT2D eigenvalue weighted by molar-refractivity contribution is -0.109. The van der Waals surface area contributed by atoms with Crippen LogP contribution in [0.4, 0.5) is 0 Å². The van der Waals surface area contributed by atoms with Crippen molar-refractivity contribution in [2.24, 2.45) is 5.92 Å². The molecule has 0 unspecified atom stereocenters. The monoisotopic (exact) mass is 268 g/mol. The Labute approximate surface area is 80.8 Å².